The first kappa shape index (κ1) is 17.1. The molecule has 0 saturated carbocycles. The summed E-state index contributed by atoms with van der Waals surface area (Å²) in [4.78, 5) is 12.3. The Balaban J connectivity index is 2.00. The molecule has 2 rings (SSSR count). The Labute approximate surface area is 142 Å². The second-order valence-electron chi connectivity index (χ2n) is 4.74. The number of thioether (sulfide) groups is 1. The zero-order valence-electron chi connectivity index (χ0n) is 12.2. The van der Waals surface area contributed by atoms with Gasteiger partial charge in [-0.15, -0.1) is 5.10 Å². The number of amides is 1. The van der Waals surface area contributed by atoms with E-state index in [-0.39, 0.29) is 17.2 Å². The van der Waals surface area contributed by atoms with Gasteiger partial charge in [0.2, 0.25) is 11.1 Å². The highest BCUT2D eigenvalue weighted by molar-refractivity contribution is 8.00. The third kappa shape index (κ3) is 4.12. The van der Waals surface area contributed by atoms with Crippen molar-refractivity contribution in [2.75, 3.05) is 0 Å². The molecule has 22 heavy (non-hydrogen) atoms. The number of benzene rings is 1. The van der Waals surface area contributed by atoms with Gasteiger partial charge in [0.05, 0.1) is 11.3 Å². The number of halogens is 2. The van der Waals surface area contributed by atoms with Crippen LogP contribution in [0.25, 0.3) is 0 Å². The number of carbonyl (C=O) groups is 1. The highest BCUT2D eigenvalue weighted by atomic mass is 35.5. The normalized spacial score (nSPS) is 13.7. The average molecular weight is 360 g/mol. The number of aromatic nitrogens is 4. The van der Waals surface area contributed by atoms with Gasteiger partial charge in [0.15, 0.2) is 0 Å². The molecular weight excluding hydrogens is 345 g/mol. The van der Waals surface area contributed by atoms with Crippen LogP contribution in [0.1, 0.15) is 25.5 Å². The Morgan fingerprint density at radius 3 is 2.68 bits per heavy atom. The fourth-order valence-corrected chi connectivity index (χ4v) is 3.13. The number of hydrogen-bond donors (Lipinski definition) is 1. The molecule has 0 saturated heterocycles. The first-order valence-electron chi connectivity index (χ1n) is 6.53. The Morgan fingerprint density at radius 2 is 2.09 bits per heavy atom. The van der Waals surface area contributed by atoms with Crippen molar-refractivity contribution in [2.45, 2.75) is 30.3 Å². The van der Waals surface area contributed by atoms with E-state index in [2.05, 4.69) is 20.8 Å². The predicted octanol–water partition coefficient (Wildman–Crippen LogP) is 2.87. The number of aryl methyl sites for hydroxylation is 1. The predicted molar refractivity (Wildman–Crippen MR) is 87.1 cm³/mol. The fourth-order valence-electron chi connectivity index (χ4n) is 1.79. The Bertz CT molecular complexity index is 678. The topological polar surface area (TPSA) is 72.7 Å². The molecule has 6 nitrogen and oxygen atoms in total. The summed E-state index contributed by atoms with van der Waals surface area (Å²) in [6.07, 6.45) is 0. The van der Waals surface area contributed by atoms with Gasteiger partial charge in [0.1, 0.15) is 0 Å². The van der Waals surface area contributed by atoms with E-state index < -0.39 is 0 Å². The van der Waals surface area contributed by atoms with Gasteiger partial charge in [-0.25, -0.2) is 4.68 Å². The summed E-state index contributed by atoms with van der Waals surface area (Å²) in [6.45, 7) is 3.67. The molecule has 0 aliphatic heterocycles. The minimum Gasteiger partial charge on any atom is -0.349 e. The molecule has 0 fully saturated rings. The highest BCUT2D eigenvalue weighted by Crippen LogP contribution is 2.27. The zero-order valence-corrected chi connectivity index (χ0v) is 14.6. The molecule has 1 heterocycles. The largest absolute Gasteiger partial charge is 0.349 e. The smallest absolute Gasteiger partial charge is 0.233 e. The van der Waals surface area contributed by atoms with E-state index in [0.717, 1.165) is 5.56 Å². The van der Waals surface area contributed by atoms with Gasteiger partial charge in [-0.1, -0.05) is 41.0 Å². The monoisotopic (exact) mass is 359 g/mol. The van der Waals surface area contributed by atoms with Crippen LogP contribution < -0.4 is 5.32 Å². The standard InChI is InChI=1S/C13H15Cl2N5OS/c1-7(10-5-4-9(14)6-11(10)15)16-12(21)8(2)22-13-17-18-19-20(13)3/h4-8H,1-3H3,(H,16,21). The van der Waals surface area contributed by atoms with Crippen LogP contribution in [-0.2, 0) is 11.8 Å². The molecule has 0 radical (unpaired) electrons. The lowest BCUT2D eigenvalue weighted by atomic mass is 10.1. The summed E-state index contributed by atoms with van der Waals surface area (Å²) in [5, 5.41) is 15.4. The van der Waals surface area contributed by atoms with Crippen LogP contribution in [-0.4, -0.2) is 31.4 Å². The maximum absolute atomic E-state index is 12.3. The molecule has 1 N–H and O–H groups in total. The summed E-state index contributed by atoms with van der Waals surface area (Å²) >= 11 is 13.3. The van der Waals surface area contributed by atoms with Gasteiger partial charge >= 0.3 is 0 Å². The highest BCUT2D eigenvalue weighted by Gasteiger charge is 2.20. The van der Waals surface area contributed by atoms with Gasteiger partial charge in [0, 0.05) is 17.1 Å². The number of tetrazole rings is 1. The van der Waals surface area contributed by atoms with Crippen LogP contribution in [0.15, 0.2) is 23.4 Å². The van der Waals surface area contributed by atoms with E-state index in [1.807, 2.05) is 6.92 Å². The molecule has 1 aromatic carbocycles. The molecule has 1 amide bonds. The lowest BCUT2D eigenvalue weighted by molar-refractivity contribution is -0.120. The first-order chi connectivity index (χ1) is 10.4. The summed E-state index contributed by atoms with van der Waals surface area (Å²) in [5.41, 5.74) is 0.817. The average Bonchev–Trinajstić information content (AvgIpc) is 2.83. The molecule has 0 spiro atoms. The van der Waals surface area contributed by atoms with Crippen LogP contribution in [0.3, 0.4) is 0 Å². The summed E-state index contributed by atoms with van der Waals surface area (Å²) < 4.78 is 1.52. The van der Waals surface area contributed by atoms with E-state index >= 15 is 0 Å². The van der Waals surface area contributed by atoms with Crippen LogP contribution in [0.2, 0.25) is 10.0 Å². The van der Waals surface area contributed by atoms with Crippen molar-refractivity contribution in [1.29, 1.82) is 0 Å². The molecule has 0 aliphatic carbocycles. The van der Waals surface area contributed by atoms with Crippen molar-refractivity contribution in [3.63, 3.8) is 0 Å². The maximum atomic E-state index is 12.3. The zero-order chi connectivity index (χ0) is 16.3. The lowest BCUT2D eigenvalue weighted by Crippen LogP contribution is -2.33. The van der Waals surface area contributed by atoms with E-state index in [1.54, 1.807) is 32.2 Å². The van der Waals surface area contributed by atoms with Gasteiger partial charge in [-0.2, -0.15) is 0 Å². The Kier molecular flexibility index (Phi) is 5.66. The van der Waals surface area contributed by atoms with Crippen molar-refractivity contribution < 1.29 is 4.79 Å². The molecule has 1 aromatic heterocycles. The SMILES string of the molecule is CC(Sc1nnnn1C)C(=O)NC(C)c1ccc(Cl)cc1Cl. The number of carbonyl (C=O) groups excluding carboxylic acids is 1. The number of hydrogen-bond acceptors (Lipinski definition) is 5. The summed E-state index contributed by atoms with van der Waals surface area (Å²) in [5.74, 6) is -0.119. The van der Waals surface area contributed by atoms with E-state index in [9.17, 15) is 4.79 Å². The fraction of sp³-hybridized carbons (Fsp3) is 0.385. The molecule has 118 valence electrons. The van der Waals surface area contributed by atoms with Gasteiger partial charge in [-0.05, 0) is 42.0 Å². The van der Waals surface area contributed by atoms with Gasteiger partial charge < -0.3 is 5.32 Å². The number of nitrogens with zero attached hydrogens (tertiary/aromatic N) is 4. The Hall–Kier alpha value is -1.31. The van der Waals surface area contributed by atoms with E-state index in [1.165, 1.54) is 16.4 Å². The molecule has 0 aliphatic rings. The van der Waals surface area contributed by atoms with Crippen molar-refractivity contribution in [3.8, 4) is 0 Å². The number of nitrogens with one attached hydrogen (secondary N) is 1. The minimum atomic E-state index is -0.335. The second-order valence-corrected chi connectivity index (χ2v) is 6.89. The minimum absolute atomic E-state index is 0.119. The van der Waals surface area contributed by atoms with Crippen molar-refractivity contribution in [3.05, 3.63) is 33.8 Å². The van der Waals surface area contributed by atoms with Crippen molar-refractivity contribution in [2.24, 2.45) is 7.05 Å². The first-order valence-corrected chi connectivity index (χ1v) is 8.16. The molecular formula is C13H15Cl2N5OS. The second kappa shape index (κ2) is 7.30. The van der Waals surface area contributed by atoms with Crippen molar-refractivity contribution in [1.82, 2.24) is 25.5 Å². The van der Waals surface area contributed by atoms with Crippen LogP contribution in [0, 0.1) is 0 Å². The van der Waals surface area contributed by atoms with E-state index in [4.69, 9.17) is 23.2 Å². The molecule has 2 aromatic rings. The third-order valence-corrected chi connectivity index (χ3v) is 4.71. The number of rotatable bonds is 5. The van der Waals surface area contributed by atoms with Crippen LogP contribution in [0.5, 0.6) is 0 Å². The summed E-state index contributed by atoms with van der Waals surface area (Å²) in [7, 11) is 1.73. The summed E-state index contributed by atoms with van der Waals surface area (Å²) in [6, 6.07) is 4.98. The van der Waals surface area contributed by atoms with Gasteiger partial charge in [0.25, 0.3) is 0 Å². The lowest BCUT2D eigenvalue weighted by Gasteiger charge is -2.18. The van der Waals surface area contributed by atoms with E-state index in [0.29, 0.717) is 15.2 Å². The molecule has 9 heteroatoms. The molecule has 0 bridgehead atoms. The van der Waals surface area contributed by atoms with Crippen molar-refractivity contribution >= 4 is 40.9 Å². The molecule has 2 atom stereocenters. The maximum Gasteiger partial charge on any atom is 0.233 e. The Morgan fingerprint density at radius 1 is 1.36 bits per heavy atom. The quantitative estimate of drug-likeness (QED) is 0.830. The van der Waals surface area contributed by atoms with Crippen LogP contribution in [0.4, 0.5) is 0 Å². The van der Waals surface area contributed by atoms with Crippen LogP contribution >= 0.6 is 35.0 Å². The third-order valence-electron chi connectivity index (χ3n) is 3.02. The van der Waals surface area contributed by atoms with Gasteiger partial charge in [-0.3, -0.25) is 4.79 Å². The molecule has 2 unspecified atom stereocenters.